The number of benzene rings is 3. The minimum Gasteiger partial charge on any atom is -0.497 e. The second-order valence-corrected chi connectivity index (χ2v) is 13.2. The predicted octanol–water partition coefficient (Wildman–Crippen LogP) is 6.10. The fraction of sp³-hybridized carbons (Fsp3) is 0.375. The molecule has 8 nitrogen and oxygen atoms in total. The van der Waals surface area contributed by atoms with Gasteiger partial charge in [0.2, 0.25) is 21.8 Å². The van der Waals surface area contributed by atoms with E-state index in [2.05, 4.69) is 5.32 Å². The summed E-state index contributed by atoms with van der Waals surface area (Å²) in [6.07, 6.45) is 2.39. The van der Waals surface area contributed by atoms with Gasteiger partial charge < -0.3 is 15.0 Å². The zero-order chi connectivity index (χ0) is 31.6. The molecule has 0 aromatic heterocycles. The van der Waals surface area contributed by atoms with Gasteiger partial charge in [0, 0.05) is 42.0 Å². The fourth-order valence-electron chi connectivity index (χ4n) is 4.58. The van der Waals surface area contributed by atoms with E-state index in [1.807, 2.05) is 44.2 Å². The third kappa shape index (κ3) is 10.2. The molecule has 0 aliphatic heterocycles. The molecule has 232 valence electrons. The highest BCUT2D eigenvalue weighted by Gasteiger charge is 2.31. The Hall–Kier alpha value is -3.27. The number of nitrogens with one attached hydrogen (secondary N) is 1. The normalized spacial score (nSPS) is 12.7. The van der Waals surface area contributed by atoms with Crippen molar-refractivity contribution in [1.82, 2.24) is 10.2 Å². The lowest BCUT2D eigenvalue weighted by Gasteiger charge is -2.33. The average Bonchev–Trinajstić information content (AvgIpc) is 2.97. The summed E-state index contributed by atoms with van der Waals surface area (Å²) in [5, 5.41) is 3.88. The molecule has 0 aliphatic rings. The van der Waals surface area contributed by atoms with E-state index in [1.165, 1.54) is 16.3 Å². The van der Waals surface area contributed by atoms with Gasteiger partial charge in [-0.1, -0.05) is 66.5 Å². The first-order valence-corrected chi connectivity index (χ1v) is 16.7. The lowest BCUT2D eigenvalue weighted by Crippen LogP contribution is -2.52. The largest absolute Gasteiger partial charge is 0.497 e. The van der Waals surface area contributed by atoms with Gasteiger partial charge in [0.25, 0.3) is 0 Å². The van der Waals surface area contributed by atoms with Crippen LogP contribution >= 0.6 is 23.2 Å². The second kappa shape index (κ2) is 16.0. The van der Waals surface area contributed by atoms with Crippen LogP contribution in [0.2, 0.25) is 10.0 Å². The topological polar surface area (TPSA) is 96.0 Å². The molecule has 2 unspecified atom stereocenters. The summed E-state index contributed by atoms with van der Waals surface area (Å²) >= 11 is 12.6. The molecule has 11 heteroatoms. The van der Waals surface area contributed by atoms with E-state index in [-0.39, 0.29) is 43.8 Å². The average molecular weight is 649 g/mol. The van der Waals surface area contributed by atoms with Crippen molar-refractivity contribution in [2.75, 3.05) is 24.2 Å². The zero-order valence-electron chi connectivity index (χ0n) is 24.9. The number of carbonyl (C=O) groups is 2. The van der Waals surface area contributed by atoms with Gasteiger partial charge in [-0.2, -0.15) is 0 Å². The summed E-state index contributed by atoms with van der Waals surface area (Å²) < 4.78 is 31.8. The molecular formula is C32H39Cl2N3O5S. The van der Waals surface area contributed by atoms with Crippen molar-refractivity contribution in [2.45, 2.75) is 58.2 Å². The Labute approximate surface area is 265 Å². The molecule has 3 aromatic carbocycles. The number of methoxy groups -OCH3 is 1. The van der Waals surface area contributed by atoms with Gasteiger partial charge in [0.1, 0.15) is 11.8 Å². The molecular weight excluding hydrogens is 609 g/mol. The number of rotatable bonds is 15. The first-order valence-electron chi connectivity index (χ1n) is 14.1. The molecule has 0 heterocycles. The Morgan fingerprint density at radius 3 is 2.26 bits per heavy atom. The standard InChI is InChI=1S/C32H39Cl2N3O5S/c1-5-23(2)35-32(39)30(20-24-10-7-6-8-11-24)36(22-25-13-14-26(33)21-29(25)34)31(38)12-9-19-37(43(4,40)41)27-15-17-28(42-3)18-16-27/h6-8,10-11,13-18,21,23,30H,5,9,12,19-20,22H2,1-4H3,(H,35,39). The number of sulfonamides is 1. The van der Waals surface area contributed by atoms with Gasteiger partial charge in [0.05, 0.1) is 19.1 Å². The number of hydrogen-bond donors (Lipinski definition) is 1. The number of hydrogen-bond acceptors (Lipinski definition) is 5. The summed E-state index contributed by atoms with van der Waals surface area (Å²) in [5.41, 5.74) is 2.01. The molecule has 0 saturated heterocycles. The maximum absolute atomic E-state index is 14.0. The van der Waals surface area contributed by atoms with Crippen LogP contribution in [-0.4, -0.2) is 57.1 Å². The van der Waals surface area contributed by atoms with E-state index in [0.717, 1.165) is 18.2 Å². The van der Waals surface area contributed by atoms with Gasteiger partial charge in [-0.15, -0.1) is 0 Å². The molecule has 43 heavy (non-hydrogen) atoms. The number of halogens is 2. The van der Waals surface area contributed by atoms with Crippen LogP contribution in [0.1, 0.15) is 44.2 Å². The molecule has 0 saturated carbocycles. The maximum Gasteiger partial charge on any atom is 0.243 e. The van der Waals surface area contributed by atoms with E-state index in [4.69, 9.17) is 27.9 Å². The number of anilines is 1. The van der Waals surface area contributed by atoms with Crippen molar-refractivity contribution in [3.63, 3.8) is 0 Å². The number of amides is 2. The molecule has 1 N–H and O–H groups in total. The molecule has 3 aromatic rings. The minimum atomic E-state index is -3.63. The third-order valence-corrected chi connectivity index (χ3v) is 8.92. The van der Waals surface area contributed by atoms with Crippen LogP contribution in [0.5, 0.6) is 5.75 Å². The van der Waals surface area contributed by atoms with E-state index < -0.39 is 16.1 Å². The van der Waals surface area contributed by atoms with Crippen molar-refractivity contribution in [2.24, 2.45) is 0 Å². The van der Waals surface area contributed by atoms with Gasteiger partial charge >= 0.3 is 0 Å². The zero-order valence-corrected chi connectivity index (χ0v) is 27.3. The van der Waals surface area contributed by atoms with Gasteiger partial charge in [-0.25, -0.2) is 8.42 Å². The summed E-state index contributed by atoms with van der Waals surface area (Å²) in [5.74, 6) is 0.0334. The van der Waals surface area contributed by atoms with Crippen LogP contribution in [0.3, 0.4) is 0 Å². The number of nitrogens with zero attached hydrogens (tertiary/aromatic N) is 2. The Morgan fingerprint density at radius 2 is 1.67 bits per heavy atom. The van der Waals surface area contributed by atoms with Crippen LogP contribution < -0.4 is 14.4 Å². The lowest BCUT2D eigenvalue weighted by molar-refractivity contribution is -0.141. The van der Waals surface area contributed by atoms with Gasteiger partial charge in [0.15, 0.2) is 0 Å². The molecule has 2 atom stereocenters. The van der Waals surface area contributed by atoms with Crippen molar-refractivity contribution >= 4 is 50.7 Å². The Balaban J connectivity index is 1.91. The molecule has 0 spiro atoms. The van der Waals surface area contributed by atoms with Crippen molar-refractivity contribution in [3.05, 3.63) is 94.0 Å². The van der Waals surface area contributed by atoms with Gasteiger partial charge in [-0.05, 0) is 67.3 Å². The lowest BCUT2D eigenvalue weighted by atomic mass is 10.0. The minimum absolute atomic E-state index is 0.00921. The van der Waals surface area contributed by atoms with E-state index in [9.17, 15) is 18.0 Å². The maximum atomic E-state index is 14.0. The molecule has 0 radical (unpaired) electrons. The number of ether oxygens (including phenoxy) is 1. The highest BCUT2D eigenvalue weighted by molar-refractivity contribution is 7.92. The fourth-order valence-corrected chi connectivity index (χ4v) is 6.01. The summed E-state index contributed by atoms with van der Waals surface area (Å²) in [4.78, 5) is 29.2. The number of carbonyl (C=O) groups excluding carboxylic acids is 2. The summed E-state index contributed by atoms with van der Waals surface area (Å²) in [6.45, 7) is 4.05. The first kappa shape index (κ1) is 34.2. The highest BCUT2D eigenvalue weighted by atomic mass is 35.5. The van der Waals surface area contributed by atoms with E-state index in [0.29, 0.717) is 33.5 Å². The van der Waals surface area contributed by atoms with E-state index in [1.54, 1.807) is 42.5 Å². The second-order valence-electron chi connectivity index (χ2n) is 10.4. The van der Waals surface area contributed by atoms with Crippen LogP contribution in [0.15, 0.2) is 72.8 Å². The van der Waals surface area contributed by atoms with Crippen molar-refractivity contribution in [1.29, 1.82) is 0 Å². The van der Waals surface area contributed by atoms with Gasteiger partial charge in [-0.3, -0.25) is 13.9 Å². The van der Waals surface area contributed by atoms with Crippen LogP contribution in [0.4, 0.5) is 5.69 Å². The smallest absolute Gasteiger partial charge is 0.243 e. The molecule has 2 amide bonds. The monoisotopic (exact) mass is 647 g/mol. The predicted molar refractivity (Wildman–Crippen MR) is 173 cm³/mol. The Morgan fingerprint density at radius 1 is 1.00 bits per heavy atom. The quantitative estimate of drug-likeness (QED) is 0.215. The third-order valence-electron chi connectivity index (χ3n) is 7.14. The van der Waals surface area contributed by atoms with E-state index >= 15 is 0 Å². The SMILES string of the molecule is CCC(C)NC(=O)C(Cc1ccccc1)N(Cc1ccc(Cl)cc1Cl)C(=O)CCCN(c1ccc(OC)cc1)S(C)(=O)=O. The van der Waals surface area contributed by atoms with Crippen LogP contribution in [0, 0.1) is 0 Å². The van der Waals surface area contributed by atoms with Crippen molar-refractivity contribution in [3.8, 4) is 5.75 Å². The molecule has 3 rings (SSSR count). The highest BCUT2D eigenvalue weighted by Crippen LogP contribution is 2.26. The summed E-state index contributed by atoms with van der Waals surface area (Å²) in [6, 6.07) is 20.3. The first-order chi connectivity index (χ1) is 20.4. The molecule has 0 fully saturated rings. The molecule has 0 bridgehead atoms. The van der Waals surface area contributed by atoms with Crippen LogP contribution in [0.25, 0.3) is 0 Å². The molecule has 0 aliphatic carbocycles. The Kier molecular flexibility index (Phi) is 12.7. The van der Waals surface area contributed by atoms with Crippen LogP contribution in [-0.2, 0) is 32.6 Å². The van der Waals surface area contributed by atoms with Crippen molar-refractivity contribution < 1.29 is 22.7 Å². The summed E-state index contributed by atoms with van der Waals surface area (Å²) in [7, 11) is -2.09. The Bertz CT molecular complexity index is 1470.